The van der Waals surface area contributed by atoms with Gasteiger partial charge in [-0.15, -0.1) is 12.4 Å². The first-order valence-corrected chi connectivity index (χ1v) is 3.67. The largest absolute Gasteiger partial charge is 0.389 e. The molecule has 0 spiro atoms. The number of aromatic nitrogens is 2. The molecule has 0 bridgehead atoms. The van der Waals surface area contributed by atoms with Crippen LogP contribution in [0.5, 0.6) is 0 Å². The predicted molar refractivity (Wildman–Crippen MR) is 48.0 cm³/mol. The molecule has 2 rings (SSSR count). The van der Waals surface area contributed by atoms with Gasteiger partial charge in [-0.2, -0.15) is 4.68 Å². The van der Waals surface area contributed by atoms with Crippen LogP contribution >= 0.6 is 12.4 Å². The molecule has 1 fully saturated rings. The van der Waals surface area contributed by atoms with Crippen molar-refractivity contribution < 1.29 is 4.92 Å². The van der Waals surface area contributed by atoms with Gasteiger partial charge in [-0.1, -0.05) is 0 Å². The molecule has 1 N–H and O–H groups in total. The van der Waals surface area contributed by atoms with E-state index in [2.05, 4.69) is 10.4 Å². The Hall–Kier alpha value is -1.14. The van der Waals surface area contributed by atoms with E-state index in [0.717, 1.165) is 13.1 Å². The van der Waals surface area contributed by atoms with Crippen LogP contribution in [0.3, 0.4) is 0 Å². The summed E-state index contributed by atoms with van der Waals surface area (Å²) in [6.07, 6.45) is 1.64. The third-order valence-electron chi connectivity index (χ3n) is 1.92. The zero-order valence-electron chi connectivity index (χ0n) is 6.71. The lowest BCUT2D eigenvalue weighted by Gasteiger charge is -2.24. The lowest BCUT2D eigenvalue weighted by atomic mass is 10.2. The van der Waals surface area contributed by atoms with E-state index in [4.69, 9.17) is 0 Å². The molecule has 6 nitrogen and oxygen atoms in total. The molecule has 1 aliphatic heterocycles. The van der Waals surface area contributed by atoms with Gasteiger partial charge in [-0.3, -0.25) is 0 Å². The number of hydrogen-bond acceptors (Lipinski definition) is 4. The van der Waals surface area contributed by atoms with E-state index >= 15 is 0 Å². The van der Waals surface area contributed by atoms with Crippen molar-refractivity contribution in [2.75, 3.05) is 13.1 Å². The molecule has 0 saturated carbocycles. The smallest absolute Gasteiger partial charge is 0.358 e. The molecule has 1 aliphatic rings. The van der Waals surface area contributed by atoms with E-state index in [9.17, 15) is 10.1 Å². The molecule has 1 saturated heterocycles. The Morgan fingerprint density at radius 2 is 2.38 bits per heavy atom. The van der Waals surface area contributed by atoms with E-state index in [0.29, 0.717) is 6.04 Å². The van der Waals surface area contributed by atoms with E-state index in [1.54, 1.807) is 10.9 Å². The minimum atomic E-state index is -0.484. The minimum Gasteiger partial charge on any atom is -0.358 e. The third kappa shape index (κ3) is 1.78. The Kier molecular flexibility index (Phi) is 2.84. The summed E-state index contributed by atoms with van der Waals surface area (Å²) in [6.45, 7) is 1.69. The molecule has 0 unspecified atom stereocenters. The summed E-state index contributed by atoms with van der Waals surface area (Å²) in [5.74, 6) is -0.0816. The van der Waals surface area contributed by atoms with Crippen molar-refractivity contribution in [3.8, 4) is 0 Å². The first-order chi connectivity index (χ1) is 5.77. The lowest BCUT2D eigenvalue weighted by molar-refractivity contribution is -0.389. The maximum Gasteiger partial charge on any atom is 0.389 e. The average molecular weight is 205 g/mol. The maximum absolute atomic E-state index is 10.3. The van der Waals surface area contributed by atoms with Crippen molar-refractivity contribution in [2.24, 2.45) is 0 Å². The van der Waals surface area contributed by atoms with Crippen LogP contribution in [-0.4, -0.2) is 27.8 Å². The monoisotopic (exact) mass is 204 g/mol. The zero-order valence-corrected chi connectivity index (χ0v) is 7.53. The molecule has 0 aromatic carbocycles. The minimum absolute atomic E-state index is 0. The van der Waals surface area contributed by atoms with Crippen molar-refractivity contribution in [2.45, 2.75) is 6.04 Å². The summed E-state index contributed by atoms with van der Waals surface area (Å²) in [7, 11) is 0. The quantitative estimate of drug-likeness (QED) is 0.558. The Balaban J connectivity index is 0.000000845. The fourth-order valence-corrected chi connectivity index (χ4v) is 1.09. The molecule has 0 aliphatic carbocycles. The van der Waals surface area contributed by atoms with Crippen LogP contribution in [0.2, 0.25) is 0 Å². The fourth-order valence-electron chi connectivity index (χ4n) is 1.09. The predicted octanol–water partition coefficient (Wildman–Crippen LogP) is 0.357. The highest BCUT2D eigenvalue weighted by Crippen LogP contribution is 2.13. The first-order valence-electron chi connectivity index (χ1n) is 3.67. The standard InChI is InChI=1S/C6H8N4O2.ClH/c11-10(12)6-1-2-9(8-6)5-3-7-4-5;/h1-2,5,7H,3-4H2;1H. The summed E-state index contributed by atoms with van der Waals surface area (Å²) in [5, 5.41) is 17.1. The second-order valence-corrected chi connectivity index (χ2v) is 2.72. The van der Waals surface area contributed by atoms with E-state index in [1.807, 2.05) is 0 Å². The number of nitrogens with one attached hydrogen (secondary N) is 1. The molecule has 0 atom stereocenters. The van der Waals surface area contributed by atoms with Crippen molar-refractivity contribution >= 4 is 18.2 Å². The van der Waals surface area contributed by atoms with Gasteiger partial charge >= 0.3 is 5.82 Å². The number of halogens is 1. The molecule has 0 radical (unpaired) electrons. The van der Waals surface area contributed by atoms with E-state index < -0.39 is 4.92 Å². The topological polar surface area (TPSA) is 73.0 Å². The summed E-state index contributed by atoms with van der Waals surface area (Å²) in [6, 6.07) is 1.71. The van der Waals surface area contributed by atoms with Crippen molar-refractivity contribution in [3.05, 3.63) is 22.4 Å². The molecular formula is C6H9ClN4O2. The molecular weight excluding hydrogens is 196 g/mol. The normalized spacial score (nSPS) is 16.0. The maximum atomic E-state index is 10.3. The number of nitrogens with zero attached hydrogens (tertiary/aromatic N) is 3. The van der Waals surface area contributed by atoms with Crippen molar-refractivity contribution in [3.63, 3.8) is 0 Å². The Morgan fingerprint density at radius 1 is 1.69 bits per heavy atom. The molecule has 1 aromatic heterocycles. The zero-order chi connectivity index (χ0) is 8.55. The number of rotatable bonds is 2. The van der Waals surface area contributed by atoms with Gasteiger partial charge in [0.05, 0.1) is 23.4 Å². The van der Waals surface area contributed by atoms with Crippen LogP contribution in [0.4, 0.5) is 5.82 Å². The van der Waals surface area contributed by atoms with Gasteiger partial charge in [0, 0.05) is 13.1 Å². The molecule has 2 heterocycles. The van der Waals surface area contributed by atoms with Crippen molar-refractivity contribution in [1.82, 2.24) is 15.1 Å². The Bertz CT molecular complexity index is 309. The van der Waals surface area contributed by atoms with Crippen LogP contribution in [0.1, 0.15) is 6.04 Å². The highest BCUT2D eigenvalue weighted by molar-refractivity contribution is 5.85. The van der Waals surface area contributed by atoms with E-state index in [-0.39, 0.29) is 18.2 Å². The average Bonchev–Trinajstić information content (AvgIpc) is 2.32. The van der Waals surface area contributed by atoms with Gasteiger partial charge in [-0.05, 0) is 4.92 Å². The van der Waals surface area contributed by atoms with E-state index in [1.165, 1.54) is 6.07 Å². The van der Waals surface area contributed by atoms with Gasteiger partial charge in [0.2, 0.25) is 0 Å². The lowest BCUT2D eigenvalue weighted by Crippen LogP contribution is -2.43. The van der Waals surface area contributed by atoms with Crippen LogP contribution in [0.25, 0.3) is 0 Å². The third-order valence-corrected chi connectivity index (χ3v) is 1.92. The number of hydrogen-bond donors (Lipinski definition) is 1. The summed E-state index contributed by atoms with van der Waals surface area (Å²) in [5.41, 5.74) is 0. The second kappa shape index (κ2) is 3.71. The summed E-state index contributed by atoms with van der Waals surface area (Å²) in [4.78, 5) is 9.77. The van der Waals surface area contributed by atoms with Crippen LogP contribution in [-0.2, 0) is 0 Å². The van der Waals surface area contributed by atoms with Gasteiger partial charge in [0.15, 0.2) is 0 Å². The second-order valence-electron chi connectivity index (χ2n) is 2.72. The van der Waals surface area contributed by atoms with Crippen LogP contribution < -0.4 is 5.32 Å². The first kappa shape index (κ1) is 9.94. The highest BCUT2D eigenvalue weighted by Gasteiger charge is 2.23. The Labute approximate surface area is 80.5 Å². The number of nitro groups is 1. The molecule has 13 heavy (non-hydrogen) atoms. The molecule has 72 valence electrons. The Morgan fingerprint density at radius 3 is 2.77 bits per heavy atom. The van der Waals surface area contributed by atoms with Gasteiger partial charge in [0.25, 0.3) is 0 Å². The van der Waals surface area contributed by atoms with Crippen LogP contribution in [0.15, 0.2) is 12.3 Å². The molecule has 1 aromatic rings. The van der Waals surface area contributed by atoms with Gasteiger partial charge in [0.1, 0.15) is 0 Å². The summed E-state index contributed by atoms with van der Waals surface area (Å²) < 4.78 is 1.63. The highest BCUT2D eigenvalue weighted by atomic mass is 35.5. The van der Waals surface area contributed by atoms with Gasteiger partial charge in [-0.25, -0.2) is 0 Å². The SMILES string of the molecule is Cl.O=[N+]([O-])c1ccn(C2CNC2)n1. The molecule has 0 amide bonds. The summed E-state index contributed by atoms with van der Waals surface area (Å²) >= 11 is 0. The van der Waals surface area contributed by atoms with Crippen LogP contribution in [0, 0.1) is 10.1 Å². The van der Waals surface area contributed by atoms with Gasteiger partial charge < -0.3 is 15.4 Å². The molecule has 7 heteroatoms. The fraction of sp³-hybridized carbons (Fsp3) is 0.500. The van der Waals surface area contributed by atoms with Crippen molar-refractivity contribution in [1.29, 1.82) is 0 Å².